The molecule has 5 nitrogen and oxygen atoms in total. The molecule has 2 amide bonds. The molecule has 7 heteroatoms. The molecule has 1 aliphatic rings. The molecule has 1 aliphatic heterocycles. The second kappa shape index (κ2) is 6.51. The molecule has 0 aliphatic carbocycles. The van der Waals surface area contributed by atoms with Gasteiger partial charge in [-0.3, -0.25) is 20.2 Å². The molecule has 2 rings (SSSR count). The molecule has 1 aromatic carbocycles. The molecule has 108 valence electrons. The van der Waals surface area contributed by atoms with Gasteiger partial charge in [0.2, 0.25) is 0 Å². The van der Waals surface area contributed by atoms with Crippen LogP contribution in [0, 0.1) is 0 Å². The van der Waals surface area contributed by atoms with Crippen molar-refractivity contribution in [3.8, 4) is 5.75 Å². The molecular weight excluding hydrogens is 312 g/mol. The summed E-state index contributed by atoms with van der Waals surface area (Å²) in [6.45, 7) is 3.85. The summed E-state index contributed by atoms with van der Waals surface area (Å²) in [5, 5.41) is 5.16. The van der Waals surface area contributed by atoms with Gasteiger partial charge in [0.15, 0.2) is 5.11 Å². The summed E-state index contributed by atoms with van der Waals surface area (Å²) in [4.78, 5) is 23.6. The third-order valence-electron chi connectivity index (χ3n) is 2.57. The Balaban J connectivity index is 2.40. The maximum atomic E-state index is 11.8. The molecule has 1 fully saturated rings. The minimum Gasteiger partial charge on any atom is -0.489 e. The summed E-state index contributed by atoms with van der Waals surface area (Å²) in [6, 6.07) is 4.90. The van der Waals surface area contributed by atoms with Gasteiger partial charge in [-0.05, 0) is 36.5 Å². The van der Waals surface area contributed by atoms with Gasteiger partial charge in [0.25, 0.3) is 11.8 Å². The zero-order chi connectivity index (χ0) is 15.4. The van der Waals surface area contributed by atoms with Gasteiger partial charge in [0.05, 0.1) is 0 Å². The molecule has 0 atom stereocenters. The first-order valence-corrected chi connectivity index (χ1v) is 6.71. The molecule has 0 saturated carbocycles. The molecule has 0 bridgehead atoms. The first-order chi connectivity index (χ1) is 10.0. The normalized spacial score (nSPS) is 14.3. The predicted molar refractivity (Wildman–Crippen MR) is 84.0 cm³/mol. The lowest BCUT2D eigenvalue weighted by molar-refractivity contribution is -0.123. The number of nitrogens with one attached hydrogen (secondary N) is 2. The Morgan fingerprint density at radius 2 is 1.95 bits per heavy atom. The van der Waals surface area contributed by atoms with Gasteiger partial charge < -0.3 is 4.74 Å². The standard InChI is InChI=1S/C14H11ClN2O3S/c1-2-5-20-11-4-3-9(15)6-8(11)7-10-12(18)16-14(21)17-13(10)19/h2-4,6-7H,1,5H2,(H2,16,17,18,19,21). The third-order valence-corrected chi connectivity index (χ3v) is 3.01. The van der Waals surface area contributed by atoms with Gasteiger partial charge in [-0.25, -0.2) is 0 Å². The molecule has 0 radical (unpaired) electrons. The SMILES string of the molecule is C=CCOc1ccc(Cl)cc1C=C1C(=O)NC(=S)NC1=O. The van der Waals surface area contributed by atoms with Crippen molar-refractivity contribution >= 4 is 46.8 Å². The van der Waals surface area contributed by atoms with E-state index < -0.39 is 11.8 Å². The van der Waals surface area contributed by atoms with Crippen LogP contribution in [0.5, 0.6) is 5.75 Å². The largest absolute Gasteiger partial charge is 0.489 e. The van der Waals surface area contributed by atoms with Crippen molar-refractivity contribution in [2.75, 3.05) is 6.61 Å². The highest BCUT2D eigenvalue weighted by molar-refractivity contribution is 7.80. The Bertz CT molecular complexity index is 648. The van der Waals surface area contributed by atoms with Crippen LogP contribution in [-0.2, 0) is 9.59 Å². The monoisotopic (exact) mass is 322 g/mol. The van der Waals surface area contributed by atoms with Crippen molar-refractivity contribution < 1.29 is 14.3 Å². The average Bonchev–Trinajstić information content (AvgIpc) is 2.42. The van der Waals surface area contributed by atoms with E-state index in [0.29, 0.717) is 22.9 Å². The van der Waals surface area contributed by atoms with E-state index in [-0.39, 0.29) is 10.7 Å². The minimum absolute atomic E-state index is 0.0172. The highest BCUT2D eigenvalue weighted by Crippen LogP contribution is 2.25. The lowest BCUT2D eigenvalue weighted by Gasteiger charge is -2.17. The Hall–Kier alpha value is -2.18. The van der Waals surface area contributed by atoms with Crippen molar-refractivity contribution in [3.63, 3.8) is 0 Å². The average molecular weight is 323 g/mol. The Labute approximate surface area is 131 Å². The van der Waals surface area contributed by atoms with Crippen LogP contribution in [0.3, 0.4) is 0 Å². The van der Waals surface area contributed by atoms with Gasteiger partial charge in [0.1, 0.15) is 17.9 Å². The number of halogens is 1. The maximum Gasteiger partial charge on any atom is 0.263 e. The highest BCUT2D eigenvalue weighted by atomic mass is 35.5. The van der Waals surface area contributed by atoms with Crippen LogP contribution in [0.4, 0.5) is 0 Å². The summed E-state index contributed by atoms with van der Waals surface area (Å²) < 4.78 is 5.46. The van der Waals surface area contributed by atoms with Crippen molar-refractivity contribution in [1.29, 1.82) is 0 Å². The van der Waals surface area contributed by atoms with Crippen LogP contribution in [0.2, 0.25) is 5.02 Å². The number of hydrogen-bond donors (Lipinski definition) is 2. The first kappa shape index (κ1) is 15.2. The van der Waals surface area contributed by atoms with E-state index in [2.05, 4.69) is 17.2 Å². The van der Waals surface area contributed by atoms with Gasteiger partial charge in [0, 0.05) is 10.6 Å². The van der Waals surface area contributed by atoms with E-state index in [0.717, 1.165) is 0 Å². The van der Waals surface area contributed by atoms with Gasteiger partial charge in [-0.15, -0.1) is 0 Å². The third kappa shape index (κ3) is 3.68. The fourth-order valence-electron chi connectivity index (χ4n) is 1.67. The van der Waals surface area contributed by atoms with E-state index in [1.54, 1.807) is 24.3 Å². The topological polar surface area (TPSA) is 67.4 Å². The second-order valence-corrected chi connectivity index (χ2v) is 4.92. The zero-order valence-electron chi connectivity index (χ0n) is 10.8. The number of benzene rings is 1. The summed E-state index contributed by atoms with van der Waals surface area (Å²) in [5.41, 5.74) is 0.437. The lowest BCUT2D eigenvalue weighted by atomic mass is 10.1. The summed E-state index contributed by atoms with van der Waals surface area (Å²) in [7, 11) is 0. The van der Waals surface area contributed by atoms with E-state index in [1.807, 2.05) is 0 Å². The van der Waals surface area contributed by atoms with Crippen LogP contribution in [0.25, 0.3) is 6.08 Å². The Kier molecular flexibility index (Phi) is 4.72. The van der Waals surface area contributed by atoms with Crippen LogP contribution >= 0.6 is 23.8 Å². The number of amides is 2. The molecule has 1 saturated heterocycles. The number of thiocarbonyl (C=S) groups is 1. The summed E-state index contributed by atoms with van der Waals surface area (Å²) in [5.74, 6) is -0.655. The fraction of sp³-hybridized carbons (Fsp3) is 0.0714. The van der Waals surface area contributed by atoms with Crippen LogP contribution in [0.15, 0.2) is 36.4 Å². The van der Waals surface area contributed by atoms with E-state index in [1.165, 1.54) is 6.08 Å². The summed E-state index contributed by atoms with van der Waals surface area (Å²) in [6.07, 6.45) is 2.99. The molecule has 0 unspecified atom stereocenters. The lowest BCUT2D eigenvalue weighted by Crippen LogP contribution is -2.51. The van der Waals surface area contributed by atoms with Crippen molar-refractivity contribution in [2.45, 2.75) is 0 Å². The number of carbonyl (C=O) groups is 2. The molecular formula is C14H11ClN2O3S. The number of hydrogen-bond acceptors (Lipinski definition) is 4. The van der Waals surface area contributed by atoms with E-state index >= 15 is 0 Å². The minimum atomic E-state index is -0.571. The highest BCUT2D eigenvalue weighted by Gasteiger charge is 2.26. The zero-order valence-corrected chi connectivity index (χ0v) is 12.4. The van der Waals surface area contributed by atoms with Gasteiger partial charge in [-0.2, -0.15) is 0 Å². The quantitative estimate of drug-likeness (QED) is 0.384. The van der Waals surface area contributed by atoms with Gasteiger partial charge >= 0.3 is 0 Å². The predicted octanol–water partition coefficient (Wildman–Crippen LogP) is 1.82. The second-order valence-electron chi connectivity index (χ2n) is 4.08. The van der Waals surface area contributed by atoms with Crippen LogP contribution in [0.1, 0.15) is 5.56 Å². The smallest absolute Gasteiger partial charge is 0.263 e. The molecule has 21 heavy (non-hydrogen) atoms. The number of carbonyl (C=O) groups excluding carboxylic acids is 2. The number of rotatable bonds is 4. The molecule has 0 aromatic heterocycles. The Morgan fingerprint density at radius 3 is 2.57 bits per heavy atom. The van der Waals surface area contributed by atoms with Crippen molar-refractivity contribution in [3.05, 3.63) is 47.0 Å². The van der Waals surface area contributed by atoms with Crippen molar-refractivity contribution in [2.24, 2.45) is 0 Å². The molecule has 0 spiro atoms. The number of ether oxygens (including phenoxy) is 1. The first-order valence-electron chi connectivity index (χ1n) is 5.93. The van der Waals surface area contributed by atoms with Crippen molar-refractivity contribution in [1.82, 2.24) is 10.6 Å². The Morgan fingerprint density at radius 1 is 1.29 bits per heavy atom. The molecule has 2 N–H and O–H groups in total. The molecule has 1 aromatic rings. The van der Waals surface area contributed by atoms with E-state index in [4.69, 9.17) is 28.6 Å². The fourth-order valence-corrected chi connectivity index (χ4v) is 2.04. The van der Waals surface area contributed by atoms with E-state index in [9.17, 15) is 9.59 Å². The molecule has 1 heterocycles. The van der Waals surface area contributed by atoms with Crippen LogP contribution < -0.4 is 15.4 Å². The van der Waals surface area contributed by atoms with Crippen LogP contribution in [-0.4, -0.2) is 23.5 Å². The summed E-state index contributed by atoms with van der Waals surface area (Å²) >= 11 is 10.7. The van der Waals surface area contributed by atoms with Gasteiger partial charge in [-0.1, -0.05) is 24.3 Å². The maximum absolute atomic E-state index is 11.8.